The molecule has 3 heterocycles. The van der Waals surface area contributed by atoms with E-state index in [1.165, 1.54) is 0 Å². The van der Waals surface area contributed by atoms with E-state index >= 15 is 0 Å². The Bertz CT molecular complexity index is 999. The maximum Gasteiger partial charge on any atom is 0.290 e. The summed E-state index contributed by atoms with van der Waals surface area (Å²) in [4.78, 5) is 42.7. The molecule has 11 heteroatoms. The lowest BCUT2D eigenvalue weighted by Crippen LogP contribution is -2.35. The van der Waals surface area contributed by atoms with Gasteiger partial charge in [-0.1, -0.05) is 0 Å². The molecule has 1 aromatic carbocycles. The summed E-state index contributed by atoms with van der Waals surface area (Å²) < 4.78 is 3.19. The van der Waals surface area contributed by atoms with E-state index in [4.69, 9.17) is 19.8 Å². The van der Waals surface area contributed by atoms with Gasteiger partial charge in [0.15, 0.2) is 0 Å². The van der Waals surface area contributed by atoms with Crippen LogP contribution in [0.25, 0.3) is 10.2 Å². The zero-order chi connectivity index (χ0) is 23.3. The van der Waals surface area contributed by atoms with Crippen molar-refractivity contribution in [1.82, 2.24) is 24.3 Å². The lowest BCUT2D eigenvalue weighted by atomic mass is 10.2. The Kier molecular flexibility index (Phi) is 10.3. The molecule has 0 spiro atoms. The minimum absolute atomic E-state index is 0.117. The first kappa shape index (κ1) is 25.0. The fourth-order valence-corrected chi connectivity index (χ4v) is 4.13. The van der Waals surface area contributed by atoms with Crippen LogP contribution in [-0.2, 0) is 23.1 Å². The SMILES string of the molecule is Cn1ccnc1CCN1CCCN(C(=O)c2ccc3scnc3c2)CC1.O=CO.O=CO. The van der Waals surface area contributed by atoms with Crippen LogP contribution in [0.5, 0.6) is 0 Å². The Morgan fingerprint density at radius 2 is 1.88 bits per heavy atom. The van der Waals surface area contributed by atoms with Crippen LogP contribution in [-0.4, -0.2) is 86.1 Å². The molecule has 32 heavy (non-hydrogen) atoms. The van der Waals surface area contributed by atoms with Crippen molar-refractivity contribution < 1.29 is 24.6 Å². The Hall–Kier alpha value is -3.31. The Balaban J connectivity index is 0.000000547. The number of hydrogen-bond acceptors (Lipinski definition) is 7. The van der Waals surface area contributed by atoms with Crippen LogP contribution in [0.2, 0.25) is 0 Å². The summed E-state index contributed by atoms with van der Waals surface area (Å²) in [7, 11) is 2.03. The van der Waals surface area contributed by atoms with E-state index in [1.54, 1.807) is 11.3 Å². The minimum atomic E-state index is -0.250. The van der Waals surface area contributed by atoms with Gasteiger partial charge in [-0.3, -0.25) is 14.4 Å². The zero-order valence-electron chi connectivity index (χ0n) is 17.8. The van der Waals surface area contributed by atoms with Gasteiger partial charge in [0.2, 0.25) is 0 Å². The highest BCUT2D eigenvalue weighted by atomic mass is 32.1. The van der Waals surface area contributed by atoms with Crippen molar-refractivity contribution >= 4 is 40.4 Å². The van der Waals surface area contributed by atoms with Gasteiger partial charge in [-0.2, -0.15) is 0 Å². The molecule has 10 nitrogen and oxygen atoms in total. The maximum atomic E-state index is 12.9. The third-order valence-electron chi connectivity index (χ3n) is 5.03. The van der Waals surface area contributed by atoms with E-state index in [-0.39, 0.29) is 18.9 Å². The molecule has 1 saturated heterocycles. The quantitative estimate of drug-likeness (QED) is 0.563. The summed E-state index contributed by atoms with van der Waals surface area (Å²) >= 11 is 1.60. The van der Waals surface area contributed by atoms with Crippen LogP contribution < -0.4 is 0 Å². The molecule has 1 aliphatic heterocycles. The van der Waals surface area contributed by atoms with E-state index in [0.717, 1.165) is 67.2 Å². The van der Waals surface area contributed by atoms with Gasteiger partial charge in [0, 0.05) is 57.6 Å². The smallest absolute Gasteiger partial charge is 0.290 e. The summed E-state index contributed by atoms with van der Waals surface area (Å²) in [6.07, 6.45) is 5.78. The largest absolute Gasteiger partial charge is 0.483 e. The summed E-state index contributed by atoms with van der Waals surface area (Å²) in [5, 5.41) is 13.8. The number of carbonyl (C=O) groups is 3. The molecule has 0 atom stereocenters. The Morgan fingerprint density at radius 1 is 1.12 bits per heavy atom. The summed E-state index contributed by atoms with van der Waals surface area (Å²) in [6.45, 7) is 4.01. The second-order valence-corrected chi connectivity index (χ2v) is 7.82. The van der Waals surface area contributed by atoms with Crippen molar-refractivity contribution in [2.75, 3.05) is 32.7 Å². The van der Waals surface area contributed by atoms with Crippen molar-refractivity contribution in [3.05, 3.63) is 47.5 Å². The molecule has 1 aliphatic rings. The molecule has 0 unspecified atom stereocenters. The number of benzene rings is 1. The first-order valence-electron chi connectivity index (χ1n) is 10.0. The number of thiazole rings is 1. The number of fused-ring (bicyclic) bond motifs is 1. The zero-order valence-corrected chi connectivity index (χ0v) is 18.6. The van der Waals surface area contributed by atoms with Gasteiger partial charge in [0.1, 0.15) is 5.82 Å². The van der Waals surface area contributed by atoms with Gasteiger partial charge < -0.3 is 24.6 Å². The first-order valence-corrected chi connectivity index (χ1v) is 10.9. The summed E-state index contributed by atoms with van der Waals surface area (Å²) in [6, 6.07) is 5.84. The lowest BCUT2D eigenvalue weighted by molar-refractivity contribution is -0.123. The van der Waals surface area contributed by atoms with Crippen molar-refractivity contribution in [2.45, 2.75) is 12.8 Å². The number of aromatic nitrogens is 3. The van der Waals surface area contributed by atoms with Crippen molar-refractivity contribution in [3.8, 4) is 0 Å². The Labute approximate surface area is 189 Å². The molecular formula is C21H27N5O5S. The van der Waals surface area contributed by atoms with Crippen molar-refractivity contribution in [1.29, 1.82) is 0 Å². The minimum Gasteiger partial charge on any atom is -0.483 e. The average Bonchev–Trinajstić information content (AvgIpc) is 3.35. The topological polar surface area (TPSA) is 129 Å². The van der Waals surface area contributed by atoms with E-state index < -0.39 is 0 Å². The van der Waals surface area contributed by atoms with Crippen molar-refractivity contribution in [3.63, 3.8) is 0 Å². The molecule has 172 valence electrons. The maximum absolute atomic E-state index is 12.9. The molecule has 0 bridgehead atoms. The number of hydrogen-bond donors (Lipinski definition) is 2. The molecule has 1 amide bonds. The van der Waals surface area contributed by atoms with Crippen LogP contribution in [0.1, 0.15) is 22.6 Å². The monoisotopic (exact) mass is 461 g/mol. The van der Waals surface area contributed by atoms with Crippen LogP contribution in [0.15, 0.2) is 36.1 Å². The summed E-state index contributed by atoms with van der Waals surface area (Å²) in [5.74, 6) is 1.23. The van der Waals surface area contributed by atoms with Crippen LogP contribution >= 0.6 is 11.3 Å². The highest BCUT2D eigenvalue weighted by Gasteiger charge is 2.21. The molecule has 0 saturated carbocycles. The average molecular weight is 462 g/mol. The predicted octanol–water partition coefficient (Wildman–Crippen LogP) is 1.82. The van der Waals surface area contributed by atoms with E-state index in [1.807, 2.05) is 48.1 Å². The van der Waals surface area contributed by atoms with Gasteiger partial charge in [-0.15, -0.1) is 11.3 Å². The van der Waals surface area contributed by atoms with Crippen LogP contribution in [0, 0.1) is 0 Å². The Morgan fingerprint density at radius 3 is 2.56 bits per heavy atom. The number of amides is 1. The fourth-order valence-electron chi connectivity index (χ4n) is 3.47. The van der Waals surface area contributed by atoms with Crippen molar-refractivity contribution in [2.24, 2.45) is 7.05 Å². The summed E-state index contributed by atoms with van der Waals surface area (Å²) in [5.41, 5.74) is 3.47. The number of carboxylic acid groups (broad SMARTS) is 2. The number of rotatable bonds is 4. The van der Waals surface area contributed by atoms with Gasteiger partial charge in [0.25, 0.3) is 18.9 Å². The standard InChI is InChI=1S/C19H23N5OS.2CH2O2/c1-22-10-6-20-18(22)5-9-23-7-2-8-24(12-11-23)19(25)15-3-4-17-16(13-15)21-14-26-17;2*2-1-3/h3-4,6,10,13-14H,2,5,7-9,11-12H2,1H3;2*1H,(H,2,3). The molecule has 2 N–H and O–H groups in total. The highest BCUT2D eigenvalue weighted by molar-refractivity contribution is 7.16. The molecular weight excluding hydrogens is 434 g/mol. The number of nitrogens with zero attached hydrogens (tertiary/aromatic N) is 5. The number of carbonyl (C=O) groups excluding carboxylic acids is 1. The van der Waals surface area contributed by atoms with E-state index in [0.29, 0.717) is 0 Å². The lowest BCUT2D eigenvalue weighted by Gasteiger charge is -2.22. The molecule has 3 aromatic rings. The third kappa shape index (κ3) is 7.13. The number of aryl methyl sites for hydroxylation is 1. The molecule has 4 rings (SSSR count). The van der Waals surface area contributed by atoms with Crippen LogP contribution in [0.4, 0.5) is 0 Å². The number of imidazole rings is 1. The highest BCUT2D eigenvalue weighted by Crippen LogP contribution is 2.20. The van der Waals surface area contributed by atoms with Crippen LogP contribution in [0.3, 0.4) is 0 Å². The molecule has 0 radical (unpaired) electrons. The molecule has 1 fully saturated rings. The second-order valence-electron chi connectivity index (χ2n) is 6.94. The molecule has 0 aliphatic carbocycles. The second kappa shape index (κ2) is 13.2. The van der Waals surface area contributed by atoms with E-state index in [2.05, 4.69) is 19.4 Å². The van der Waals surface area contributed by atoms with Gasteiger partial charge in [-0.25, -0.2) is 9.97 Å². The van der Waals surface area contributed by atoms with E-state index in [9.17, 15) is 4.79 Å². The van der Waals surface area contributed by atoms with Gasteiger partial charge >= 0.3 is 0 Å². The predicted molar refractivity (Wildman–Crippen MR) is 121 cm³/mol. The first-order chi connectivity index (χ1) is 15.5. The third-order valence-corrected chi connectivity index (χ3v) is 5.84. The normalized spacial score (nSPS) is 13.8. The van der Waals surface area contributed by atoms with Gasteiger partial charge in [0.05, 0.1) is 15.7 Å². The fraction of sp³-hybridized carbons (Fsp3) is 0.381. The van der Waals surface area contributed by atoms with Gasteiger partial charge in [-0.05, 0) is 31.2 Å². The molecule has 2 aromatic heterocycles.